The summed E-state index contributed by atoms with van der Waals surface area (Å²) >= 11 is 0. The van der Waals surface area contributed by atoms with Gasteiger partial charge in [0, 0.05) is 17.3 Å². The van der Waals surface area contributed by atoms with Crippen molar-refractivity contribution in [1.29, 1.82) is 0 Å². The zero-order valence-electron chi connectivity index (χ0n) is 14.8. The van der Waals surface area contributed by atoms with Crippen molar-refractivity contribution in [3.8, 4) is 0 Å². The highest BCUT2D eigenvalue weighted by molar-refractivity contribution is 7.92. The maximum Gasteiger partial charge on any atom is 0.264 e. The number of rotatable bonds is 2. The zero-order valence-corrected chi connectivity index (χ0v) is 15.6. The molecule has 1 aliphatic rings. The molecule has 0 aliphatic carbocycles. The van der Waals surface area contributed by atoms with Gasteiger partial charge in [0.1, 0.15) is 11.2 Å². The highest BCUT2D eigenvalue weighted by atomic mass is 32.2. The van der Waals surface area contributed by atoms with Gasteiger partial charge >= 0.3 is 0 Å². The molecule has 5 rings (SSSR count). The molecule has 0 saturated heterocycles. The fourth-order valence-corrected chi connectivity index (χ4v) is 5.47. The van der Waals surface area contributed by atoms with Gasteiger partial charge in [0.15, 0.2) is 0 Å². The molecule has 0 amide bonds. The summed E-state index contributed by atoms with van der Waals surface area (Å²) in [7, 11) is -3.65. The molecule has 3 aromatic carbocycles. The Labute approximate surface area is 158 Å². The van der Waals surface area contributed by atoms with Crippen LogP contribution in [0.1, 0.15) is 18.4 Å². The number of anilines is 1. The smallest absolute Gasteiger partial charge is 0.264 e. The first-order valence-corrected chi connectivity index (χ1v) is 10.6. The highest BCUT2D eigenvalue weighted by Crippen LogP contribution is 2.34. The number of furan rings is 1. The average Bonchev–Trinajstić information content (AvgIpc) is 2.91. The minimum atomic E-state index is -3.65. The van der Waals surface area contributed by atoms with Crippen LogP contribution in [-0.2, 0) is 16.4 Å². The molecule has 0 bridgehead atoms. The van der Waals surface area contributed by atoms with Crippen molar-refractivity contribution in [3.05, 3.63) is 72.3 Å². The van der Waals surface area contributed by atoms with Crippen molar-refractivity contribution in [3.63, 3.8) is 0 Å². The molecule has 0 spiro atoms. The molecule has 136 valence electrons. The Hall–Kier alpha value is -2.79. The van der Waals surface area contributed by atoms with Crippen LogP contribution < -0.4 is 4.31 Å². The normalized spacial score (nSPS) is 15.0. The number of fused-ring (bicyclic) bond motifs is 4. The molecule has 0 unspecified atom stereocenters. The van der Waals surface area contributed by atoms with Gasteiger partial charge in [0.25, 0.3) is 10.0 Å². The van der Waals surface area contributed by atoms with Gasteiger partial charge in [-0.05, 0) is 55.2 Å². The van der Waals surface area contributed by atoms with Gasteiger partial charge in [0.05, 0.1) is 10.6 Å². The van der Waals surface area contributed by atoms with Crippen molar-refractivity contribution < 1.29 is 12.8 Å². The molecule has 2 heterocycles. The molecule has 0 fully saturated rings. The lowest BCUT2D eigenvalue weighted by Crippen LogP contribution is -2.31. The van der Waals surface area contributed by atoms with Gasteiger partial charge in [-0.25, -0.2) is 8.42 Å². The molecule has 0 saturated carbocycles. The summed E-state index contributed by atoms with van der Waals surface area (Å²) in [4.78, 5) is 0.304. The molecule has 0 atom stereocenters. The predicted octanol–water partition coefficient (Wildman–Crippen LogP) is 5.12. The minimum Gasteiger partial charge on any atom is -0.456 e. The Morgan fingerprint density at radius 3 is 2.52 bits per heavy atom. The van der Waals surface area contributed by atoms with Gasteiger partial charge in [-0.2, -0.15) is 0 Å². The third kappa shape index (κ3) is 2.61. The number of aryl methyl sites for hydroxylation is 1. The van der Waals surface area contributed by atoms with Crippen molar-refractivity contribution in [2.24, 2.45) is 0 Å². The molecule has 1 aromatic heterocycles. The molecule has 4 aromatic rings. The number of nitrogens with zero attached hydrogens (tertiary/aromatic N) is 1. The van der Waals surface area contributed by atoms with E-state index in [2.05, 4.69) is 0 Å². The van der Waals surface area contributed by atoms with Crippen molar-refractivity contribution >= 4 is 37.6 Å². The lowest BCUT2D eigenvalue weighted by molar-refractivity contribution is 0.589. The van der Waals surface area contributed by atoms with Crippen LogP contribution in [0.4, 0.5) is 5.69 Å². The number of hydrogen-bond donors (Lipinski definition) is 0. The van der Waals surface area contributed by atoms with E-state index in [1.54, 1.807) is 22.5 Å². The van der Waals surface area contributed by atoms with Gasteiger partial charge in [0.2, 0.25) is 0 Å². The largest absolute Gasteiger partial charge is 0.456 e. The first kappa shape index (κ1) is 16.4. The third-order valence-electron chi connectivity index (χ3n) is 5.25. The first-order valence-electron chi connectivity index (χ1n) is 9.16. The number of benzene rings is 3. The van der Waals surface area contributed by atoms with E-state index in [0.717, 1.165) is 46.9 Å². The van der Waals surface area contributed by atoms with Crippen LogP contribution in [0.5, 0.6) is 0 Å². The third-order valence-corrected chi connectivity index (χ3v) is 7.06. The van der Waals surface area contributed by atoms with Crippen molar-refractivity contribution in [2.75, 3.05) is 10.8 Å². The van der Waals surface area contributed by atoms with Crippen LogP contribution in [0, 0.1) is 0 Å². The Morgan fingerprint density at radius 1 is 0.815 bits per heavy atom. The molecular formula is C22H19NO3S. The highest BCUT2D eigenvalue weighted by Gasteiger charge is 2.28. The zero-order chi connectivity index (χ0) is 18.4. The Bertz CT molecular complexity index is 1260. The summed E-state index contributed by atoms with van der Waals surface area (Å²) in [5.41, 5.74) is 3.36. The van der Waals surface area contributed by atoms with E-state index < -0.39 is 10.0 Å². The van der Waals surface area contributed by atoms with Crippen LogP contribution in [0.2, 0.25) is 0 Å². The molecule has 5 heteroatoms. The van der Waals surface area contributed by atoms with Crippen LogP contribution >= 0.6 is 0 Å². The summed E-state index contributed by atoms with van der Waals surface area (Å²) in [6, 6.07) is 20.6. The summed E-state index contributed by atoms with van der Waals surface area (Å²) in [5.74, 6) is 0. The molecule has 4 nitrogen and oxygen atoms in total. The lowest BCUT2D eigenvalue weighted by atomic mass is 10.1. The van der Waals surface area contributed by atoms with E-state index >= 15 is 0 Å². The Morgan fingerprint density at radius 2 is 1.59 bits per heavy atom. The van der Waals surface area contributed by atoms with E-state index in [1.165, 1.54) is 0 Å². The summed E-state index contributed by atoms with van der Waals surface area (Å²) in [6.07, 6.45) is 2.76. The molecular weight excluding hydrogens is 358 g/mol. The summed E-state index contributed by atoms with van der Waals surface area (Å²) in [6.45, 7) is 0.503. The Balaban J connectivity index is 1.68. The molecule has 0 N–H and O–H groups in total. The van der Waals surface area contributed by atoms with E-state index in [9.17, 15) is 8.42 Å². The molecule has 0 radical (unpaired) electrons. The van der Waals surface area contributed by atoms with Gasteiger partial charge in [-0.1, -0.05) is 36.4 Å². The van der Waals surface area contributed by atoms with E-state index in [4.69, 9.17) is 4.42 Å². The quantitative estimate of drug-likeness (QED) is 0.487. The van der Waals surface area contributed by atoms with Crippen molar-refractivity contribution in [2.45, 2.75) is 24.2 Å². The maximum absolute atomic E-state index is 13.5. The summed E-state index contributed by atoms with van der Waals surface area (Å²) in [5, 5.41) is 1.76. The minimum absolute atomic E-state index is 0.304. The summed E-state index contributed by atoms with van der Waals surface area (Å²) < 4.78 is 34.4. The first-order chi connectivity index (χ1) is 13.1. The van der Waals surface area contributed by atoms with E-state index in [-0.39, 0.29) is 0 Å². The fourth-order valence-electron chi connectivity index (χ4n) is 3.90. The fraction of sp³-hybridized carbons (Fsp3) is 0.182. The van der Waals surface area contributed by atoms with Gasteiger partial charge in [-0.15, -0.1) is 0 Å². The molecule has 1 aliphatic heterocycles. The lowest BCUT2D eigenvalue weighted by Gasteiger charge is -2.24. The second-order valence-electron chi connectivity index (χ2n) is 6.92. The second-order valence-corrected chi connectivity index (χ2v) is 8.78. The second kappa shape index (κ2) is 6.13. The van der Waals surface area contributed by atoms with Crippen LogP contribution in [0.15, 0.2) is 76.0 Å². The van der Waals surface area contributed by atoms with E-state index in [1.807, 2.05) is 48.5 Å². The number of para-hydroxylation sites is 2. The standard InChI is InChI=1S/C22H19NO3S/c24-27(25,23-14-6-5-8-16-7-1-3-10-20(16)23)17-12-13-22-19(15-17)18-9-2-4-11-21(18)26-22/h1-4,7,9-13,15H,5-6,8,14H2. The topological polar surface area (TPSA) is 50.5 Å². The monoisotopic (exact) mass is 377 g/mol. The van der Waals surface area contributed by atoms with Gasteiger partial charge in [-0.3, -0.25) is 4.31 Å². The number of sulfonamides is 1. The van der Waals surface area contributed by atoms with Crippen molar-refractivity contribution in [1.82, 2.24) is 0 Å². The molecule has 27 heavy (non-hydrogen) atoms. The Kier molecular flexibility index (Phi) is 3.72. The SMILES string of the molecule is O=S(=O)(c1ccc2oc3ccccc3c2c1)N1CCCCc2ccccc21. The van der Waals surface area contributed by atoms with Crippen LogP contribution in [0.25, 0.3) is 21.9 Å². The number of hydrogen-bond acceptors (Lipinski definition) is 3. The van der Waals surface area contributed by atoms with E-state index in [0.29, 0.717) is 17.0 Å². The van der Waals surface area contributed by atoms with Gasteiger partial charge < -0.3 is 4.42 Å². The van der Waals surface area contributed by atoms with Crippen LogP contribution in [-0.4, -0.2) is 15.0 Å². The van der Waals surface area contributed by atoms with Crippen LogP contribution in [0.3, 0.4) is 0 Å². The predicted molar refractivity (Wildman–Crippen MR) is 108 cm³/mol. The maximum atomic E-state index is 13.5. The average molecular weight is 377 g/mol.